The normalized spacial score (nSPS) is 20.3. The minimum Gasteiger partial charge on any atom is -0.345 e. The van der Waals surface area contributed by atoms with Gasteiger partial charge in [0.15, 0.2) is 0 Å². The van der Waals surface area contributed by atoms with Gasteiger partial charge in [-0.1, -0.05) is 0 Å². The summed E-state index contributed by atoms with van der Waals surface area (Å²) in [6, 6.07) is 1.91. The molecule has 7 heteroatoms. The number of nitrogens with one attached hydrogen (secondary N) is 1. The van der Waals surface area contributed by atoms with E-state index in [1.54, 1.807) is 12.4 Å². The molecule has 2 aromatic heterocycles. The smallest absolute Gasteiger partial charge is 0.256 e. The van der Waals surface area contributed by atoms with Crippen LogP contribution in [0.15, 0.2) is 22.9 Å². The van der Waals surface area contributed by atoms with Crippen LogP contribution in [-0.2, 0) is 4.79 Å². The number of hydrogen-bond acceptors (Lipinski definition) is 3. The van der Waals surface area contributed by atoms with Gasteiger partial charge in [0.25, 0.3) is 5.91 Å². The number of amides is 2. The monoisotopic (exact) mass is 390 g/mol. The molecule has 4 rings (SSSR count). The largest absolute Gasteiger partial charge is 0.345 e. The first kappa shape index (κ1) is 15.6. The third-order valence-electron chi connectivity index (χ3n) is 5.46. The molecule has 1 N–H and O–H groups in total. The molecule has 0 aliphatic carbocycles. The minimum absolute atomic E-state index is 0.00907. The topological polar surface area (TPSA) is 69.3 Å². The van der Waals surface area contributed by atoms with Gasteiger partial charge < -0.3 is 14.8 Å². The second-order valence-electron chi connectivity index (χ2n) is 6.80. The van der Waals surface area contributed by atoms with E-state index in [9.17, 15) is 9.59 Å². The molecule has 4 heterocycles. The maximum Gasteiger partial charge on any atom is 0.256 e. The summed E-state index contributed by atoms with van der Waals surface area (Å²) in [5.41, 5.74) is 1.11. The zero-order chi connectivity index (χ0) is 16.9. The highest BCUT2D eigenvalue weighted by Gasteiger charge is 2.47. The van der Waals surface area contributed by atoms with E-state index in [1.807, 2.05) is 22.9 Å². The fourth-order valence-electron chi connectivity index (χ4n) is 3.92. The van der Waals surface area contributed by atoms with E-state index in [2.05, 4.69) is 25.9 Å². The Morgan fingerprint density at radius 3 is 2.67 bits per heavy atom. The summed E-state index contributed by atoms with van der Waals surface area (Å²) in [5.74, 6) is 0.254. The molecule has 24 heavy (non-hydrogen) atoms. The van der Waals surface area contributed by atoms with E-state index in [0.717, 1.165) is 35.7 Å². The minimum atomic E-state index is -0.240. The van der Waals surface area contributed by atoms with Gasteiger partial charge in [0.1, 0.15) is 5.65 Å². The number of piperidine rings is 1. The number of H-pyrrole nitrogens is 1. The summed E-state index contributed by atoms with van der Waals surface area (Å²) < 4.78 is 0.848. The molecule has 2 saturated heterocycles. The highest BCUT2D eigenvalue weighted by molar-refractivity contribution is 9.10. The first-order chi connectivity index (χ1) is 11.5. The van der Waals surface area contributed by atoms with Crippen LogP contribution in [0.4, 0.5) is 0 Å². The van der Waals surface area contributed by atoms with E-state index in [-0.39, 0.29) is 17.2 Å². The second-order valence-corrected chi connectivity index (χ2v) is 7.72. The van der Waals surface area contributed by atoms with Gasteiger partial charge >= 0.3 is 0 Å². The molecule has 1 spiro atoms. The fraction of sp³-hybridized carbons (Fsp3) is 0.471. The van der Waals surface area contributed by atoms with Crippen LogP contribution in [0, 0.1) is 5.41 Å². The number of aromatic amines is 1. The number of pyridine rings is 1. The molecule has 0 unspecified atom stereocenters. The van der Waals surface area contributed by atoms with Gasteiger partial charge in [0.05, 0.1) is 11.0 Å². The van der Waals surface area contributed by atoms with Crippen molar-refractivity contribution in [2.24, 2.45) is 5.41 Å². The Morgan fingerprint density at radius 1 is 1.29 bits per heavy atom. The van der Waals surface area contributed by atoms with Gasteiger partial charge in [-0.3, -0.25) is 9.59 Å². The van der Waals surface area contributed by atoms with E-state index < -0.39 is 0 Å². The summed E-state index contributed by atoms with van der Waals surface area (Å²) in [6.45, 7) is 2.09. The van der Waals surface area contributed by atoms with Gasteiger partial charge in [-0.05, 0) is 41.3 Å². The van der Waals surface area contributed by atoms with Gasteiger partial charge in [-0.15, -0.1) is 0 Å². The number of carbonyl (C=O) groups is 2. The number of carbonyl (C=O) groups excluding carboxylic acids is 2. The third-order valence-corrected chi connectivity index (χ3v) is 5.90. The predicted molar refractivity (Wildman–Crippen MR) is 93.6 cm³/mol. The summed E-state index contributed by atoms with van der Waals surface area (Å²) in [7, 11) is 1.87. The molecule has 2 aliphatic rings. The lowest BCUT2D eigenvalue weighted by Crippen LogP contribution is -2.46. The maximum absolute atomic E-state index is 12.9. The van der Waals surface area contributed by atoms with Crippen molar-refractivity contribution in [3.63, 3.8) is 0 Å². The Hall–Kier alpha value is -1.89. The zero-order valence-electron chi connectivity index (χ0n) is 13.5. The second kappa shape index (κ2) is 5.58. The van der Waals surface area contributed by atoms with Crippen molar-refractivity contribution in [1.82, 2.24) is 19.8 Å². The Kier molecular flexibility index (Phi) is 3.63. The predicted octanol–water partition coefficient (Wildman–Crippen LogP) is 2.41. The number of likely N-dealkylation sites (tertiary alicyclic amines) is 2. The van der Waals surface area contributed by atoms with Crippen molar-refractivity contribution < 1.29 is 9.59 Å². The lowest BCUT2D eigenvalue weighted by molar-refractivity contribution is -0.137. The van der Waals surface area contributed by atoms with Crippen LogP contribution in [0.1, 0.15) is 29.6 Å². The van der Waals surface area contributed by atoms with Gasteiger partial charge in [-0.2, -0.15) is 0 Å². The number of nitrogens with zero attached hydrogens (tertiary/aromatic N) is 3. The Morgan fingerprint density at radius 2 is 2.00 bits per heavy atom. The van der Waals surface area contributed by atoms with Gasteiger partial charge in [0, 0.05) is 48.9 Å². The summed E-state index contributed by atoms with van der Waals surface area (Å²) in [4.78, 5) is 36.3. The number of aromatic nitrogens is 2. The van der Waals surface area contributed by atoms with Crippen LogP contribution < -0.4 is 0 Å². The quantitative estimate of drug-likeness (QED) is 0.812. The van der Waals surface area contributed by atoms with Crippen LogP contribution >= 0.6 is 15.9 Å². The standard InChI is InChI=1S/C17H19BrN4O2/c1-21-5-2-17(16(21)24)3-6-22(7-4-17)15(23)13-10-20-14-12(13)8-11(18)9-19-14/h8-10H,2-7H2,1H3,(H,19,20). The van der Waals surface area contributed by atoms with Crippen molar-refractivity contribution in [2.45, 2.75) is 19.3 Å². The van der Waals surface area contributed by atoms with Crippen molar-refractivity contribution >= 4 is 38.8 Å². The molecule has 6 nitrogen and oxygen atoms in total. The third kappa shape index (κ3) is 2.33. The van der Waals surface area contributed by atoms with Crippen molar-refractivity contribution in [1.29, 1.82) is 0 Å². The Labute approximate surface area is 148 Å². The highest BCUT2D eigenvalue weighted by Crippen LogP contribution is 2.41. The zero-order valence-corrected chi connectivity index (χ0v) is 15.1. The average Bonchev–Trinajstić information content (AvgIpc) is 3.12. The number of halogens is 1. The molecule has 2 fully saturated rings. The SMILES string of the molecule is CN1CCC2(CCN(C(=O)c3c[nH]c4ncc(Br)cc34)CC2)C1=O. The first-order valence-electron chi connectivity index (χ1n) is 8.18. The van der Waals surface area contributed by atoms with Gasteiger partial charge in [-0.25, -0.2) is 4.98 Å². The van der Waals surface area contributed by atoms with Gasteiger partial charge in [0.2, 0.25) is 5.91 Å². The molecule has 2 aliphatic heterocycles. The first-order valence-corrected chi connectivity index (χ1v) is 8.97. The molecule has 2 amide bonds. The summed E-state index contributed by atoms with van der Waals surface area (Å²) in [6.07, 6.45) is 5.86. The van der Waals surface area contributed by atoms with Crippen molar-refractivity contribution in [2.75, 3.05) is 26.7 Å². The fourth-order valence-corrected chi connectivity index (χ4v) is 4.25. The van der Waals surface area contributed by atoms with E-state index in [1.165, 1.54) is 0 Å². The van der Waals surface area contributed by atoms with Crippen LogP contribution in [-0.4, -0.2) is 58.3 Å². The lowest BCUT2D eigenvalue weighted by atomic mass is 9.77. The number of hydrogen-bond donors (Lipinski definition) is 1. The number of rotatable bonds is 1. The van der Waals surface area contributed by atoms with Crippen LogP contribution in [0.5, 0.6) is 0 Å². The molecule has 0 aromatic carbocycles. The molecule has 0 bridgehead atoms. The number of fused-ring (bicyclic) bond motifs is 1. The summed E-state index contributed by atoms with van der Waals surface area (Å²) >= 11 is 3.41. The van der Waals surface area contributed by atoms with E-state index in [4.69, 9.17) is 0 Å². The van der Waals surface area contributed by atoms with Crippen molar-refractivity contribution in [3.05, 3.63) is 28.5 Å². The lowest BCUT2D eigenvalue weighted by Gasteiger charge is -2.37. The summed E-state index contributed by atoms with van der Waals surface area (Å²) in [5, 5.41) is 0.825. The van der Waals surface area contributed by atoms with Crippen LogP contribution in [0.25, 0.3) is 11.0 Å². The van der Waals surface area contributed by atoms with E-state index in [0.29, 0.717) is 24.3 Å². The Balaban J connectivity index is 1.54. The van der Waals surface area contributed by atoms with Crippen LogP contribution in [0.3, 0.4) is 0 Å². The Bertz CT molecular complexity index is 823. The average molecular weight is 391 g/mol. The molecule has 0 radical (unpaired) electrons. The molecule has 2 aromatic rings. The highest BCUT2D eigenvalue weighted by atomic mass is 79.9. The molecular weight excluding hydrogens is 372 g/mol. The molecule has 0 saturated carbocycles. The molecular formula is C17H19BrN4O2. The van der Waals surface area contributed by atoms with Crippen LogP contribution in [0.2, 0.25) is 0 Å². The molecule has 126 valence electrons. The molecule has 0 atom stereocenters. The maximum atomic E-state index is 12.9. The van der Waals surface area contributed by atoms with Crippen molar-refractivity contribution in [3.8, 4) is 0 Å². The van der Waals surface area contributed by atoms with E-state index >= 15 is 0 Å².